The molecule has 1 aromatic rings. The minimum atomic E-state index is 0.203. The lowest BCUT2D eigenvalue weighted by Crippen LogP contribution is -2.32. The third-order valence-corrected chi connectivity index (χ3v) is 3.41. The van der Waals surface area contributed by atoms with E-state index in [2.05, 4.69) is 56.1 Å². The van der Waals surface area contributed by atoms with Gasteiger partial charge in [-0.3, -0.25) is 0 Å². The molecule has 3 heteroatoms. The van der Waals surface area contributed by atoms with E-state index in [0.717, 1.165) is 30.9 Å². The summed E-state index contributed by atoms with van der Waals surface area (Å²) in [5.74, 6) is 0.968. The lowest BCUT2D eigenvalue weighted by atomic mass is 10.2. The van der Waals surface area contributed by atoms with Gasteiger partial charge in [-0.05, 0) is 46.2 Å². The zero-order valence-corrected chi connectivity index (χ0v) is 11.9. The van der Waals surface area contributed by atoms with Gasteiger partial charge in [-0.2, -0.15) is 0 Å². The first-order valence-corrected chi connectivity index (χ1v) is 6.93. The fourth-order valence-corrected chi connectivity index (χ4v) is 2.57. The van der Waals surface area contributed by atoms with Crippen molar-refractivity contribution in [2.45, 2.75) is 46.3 Å². The summed E-state index contributed by atoms with van der Waals surface area (Å²) in [5, 5.41) is 3.53. The SMILES string of the molecule is CCN1c2cccc(OC(C)C)c2NCCC1C. The predicted molar refractivity (Wildman–Crippen MR) is 77.8 cm³/mol. The van der Waals surface area contributed by atoms with Gasteiger partial charge in [0.15, 0.2) is 0 Å². The maximum absolute atomic E-state index is 5.91. The van der Waals surface area contributed by atoms with Crippen molar-refractivity contribution >= 4 is 11.4 Å². The van der Waals surface area contributed by atoms with Crippen LogP contribution in [0.15, 0.2) is 18.2 Å². The highest BCUT2D eigenvalue weighted by atomic mass is 16.5. The fraction of sp³-hybridized carbons (Fsp3) is 0.600. The molecule has 18 heavy (non-hydrogen) atoms. The smallest absolute Gasteiger partial charge is 0.144 e. The average Bonchev–Trinajstić information content (AvgIpc) is 2.47. The molecule has 1 heterocycles. The summed E-state index contributed by atoms with van der Waals surface area (Å²) in [4.78, 5) is 2.45. The maximum Gasteiger partial charge on any atom is 0.144 e. The molecule has 0 amide bonds. The normalized spacial score (nSPS) is 19.2. The van der Waals surface area contributed by atoms with Crippen LogP contribution in [0.1, 0.15) is 34.1 Å². The number of nitrogens with one attached hydrogen (secondary N) is 1. The molecular formula is C15H24N2O. The average molecular weight is 248 g/mol. The topological polar surface area (TPSA) is 24.5 Å². The molecule has 1 aromatic carbocycles. The minimum absolute atomic E-state index is 0.203. The quantitative estimate of drug-likeness (QED) is 0.886. The Hall–Kier alpha value is -1.38. The molecule has 0 aliphatic carbocycles. The number of anilines is 2. The summed E-state index contributed by atoms with van der Waals surface area (Å²) in [6, 6.07) is 6.88. The number of ether oxygens (including phenoxy) is 1. The van der Waals surface area contributed by atoms with Gasteiger partial charge >= 0.3 is 0 Å². The second-order valence-corrected chi connectivity index (χ2v) is 5.17. The van der Waals surface area contributed by atoms with Crippen LogP contribution in [-0.2, 0) is 0 Å². The molecule has 0 spiro atoms. The van der Waals surface area contributed by atoms with E-state index in [1.54, 1.807) is 0 Å². The highest BCUT2D eigenvalue weighted by Crippen LogP contribution is 2.38. The molecule has 0 saturated heterocycles. The first-order valence-electron chi connectivity index (χ1n) is 6.93. The van der Waals surface area contributed by atoms with E-state index in [-0.39, 0.29) is 6.10 Å². The van der Waals surface area contributed by atoms with Crippen LogP contribution in [0.2, 0.25) is 0 Å². The number of fused-ring (bicyclic) bond motifs is 1. The third-order valence-electron chi connectivity index (χ3n) is 3.41. The molecule has 2 rings (SSSR count). The number of hydrogen-bond acceptors (Lipinski definition) is 3. The zero-order chi connectivity index (χ0) is 13.1. The minimum Gasteiger partial charge on any atom is -0.489 e. The first kappa shape index (κ1) is 13.1. The van der Waals surface area contributed by atoms with Crippen molar-refractivity contribution in [3.8, 4) is 5.75 Å². The summed E-state index contributed by atoms with van der Waals surface area (Å²) in [6.45, 7) is 10.7. The highest BCUT2D eigenvalue weighted by Gasteiger charge is 2.22. The Labute approximate surface area is 110 Å². The Morgan fingerprint density at radius 2 is 2.22 bits per heavy atom. The molecule has 1 aliphatic heterocycles. The zero-order valence-electron chi connectivity index (χ0n) is 11.9. The number of benzene rings is 1. The van der Waals surface area contributed by atoms with Crippen LogP contribution in [0.3, 0.4) is 0 Å². The van der Waals surface area contributed by atoms with Crippen molar-refractivity contribution in [2.24, 2.45) is 0 Å². The van der Waals surface area contributed by atoms with Crippen LogP contribution in [0.5, 0.6) is 5.75 Å². The monoisotopic (exact) mass is 248 g/mol. The van der Waals surface area contributed by atoms with Crippen LogP contribution in [0.25, 0.3) is 0 Å². The molecule has 100 valence electrons. The van der Waals surface area contributed by atoms with Crippen LogP contribution in [0.4, 0.5) is 11.4 Å². The summed E-state index contributed by atoms with van der Waals surface area (Å²) in [5.41, 5.74) is 2.41. The lowest BCUT2D eigenvalue weighted by molar-refractivity contribution is 0.244. The van der Waals surface area contributed by atoms with Gasteiger partial charge in [-0.15, -0.1) is 0 Å². The van der Waals surface area contributed by atoms with Gasteiger partial charge in [0.25, 0.3) is 0 Å². The van der Waals surface area contributed by atoms with E-state index < -0.39 is 0 Å². The second kappa shape index (κ2) is 5.51. The number of rotatable bonds is 3. The van der Waals surface area contributed by atoms with Gasteiger partial charge in [0.05, 0.1) is 11.8 Å². The van der Waals surface area contributed by atoms with E-state index in [9.17, 15) is 0 Å². The molecule has 1 N–H and O–H groups in total. The Kier molecular flexibility index (Phi) is 4.00. The van der Waals surface area contributed by atoms with Crippen molar-refractivity contribution in [3.63, 3.8) is 0 Å². The van der Waals surface area contributed by atoms with Gasteiger partial charge in [-0.1, -0.05) is 6.07 Å². The molecule has 0 bridgehead atoms. The van der Waals surface area contributed by atoms with Crippen molar-refractivity contribution < 1.29 is 4.74 Å². The van der Waals surface area contributed by atoms with E-state index >= 15 is 0 Å². The predicted octanol–water partition coefficient (Wildman–Crippen LogP) is 3.50. The largest absolute Gasteiger partial charge is 0.489 e. The standard InChI is InChI=1S/C15H24N2O/c1-5-17-12(4)9-10-16-15-13(17)7-6-8-14(15)18-11(2)3/h6-8,11-12,16H,5,9-10H2,1-4H3. The highest BCUT2D eigenvalue weighted by molar-refractivity contribution is 5.77. The van der Waals surface area contributed by atoms with Gasteiger partial charge in [0.2, 0.25) is 0 Å². The Balaban J connectivity index is 2.41. The third kappa shape index (κ3) is 2.55. The van der Waals surface area contributed by atoms with Gasteiger partial charge in [0.1, 0.15) is 11.4 Å². The maximum atomic E-state index is 5.91. The van der Waals surface area contributed by atoms with Crippen molar-refractivity contribution in [1.82, 2.24) is 0 Å². The number of hydrogen-bond donors (Lipinski definition) is 1. The fourth-order valence-electron chi connectivity index (χ4n) is 2.57. The Bertz CT molecular complexity index is 403. The number of para-hydroxylation sites is 1. The van der Waals surface area contributed by atoms with Gasteiger partial charge in [-0.25, -0.2) is 0 Å². The molecule has 3 nitrogen and oxygen atoms in total. The van der Waals surface area contributed by atoms with Gasteiger partial charge < -0.3 is 15.0 Å². The van der Waals surface area contributed by atoms with Crippen molar-refractivity contribution in [3.05, 3.63) is 18.2 Å². The molecular weight excluding hydrogens is 224 g/mol. The molecule has 1 unspecified atom stereocenters. The molecule has 0 fully saturated rings. The lowest BCUT2D eigenvalue weighted by Gasteiger charge is -2.29. The van der Waals surface area contributed by atoms with Crippen LogP contribution >= 0.6 is 0 Å². The van der Waals surface area contributed by atoms with E-state index in [4.69, 9.17) is 4.74 Å². The van der Waals surface area contributed by atoms with Crippen LogP contribution < -0.4 is 15.0 Å². The van der Waals surface area contributed by atoms with Crippen molar-refractivity contribution in [1.29, 1.82) is 0 Å². The van der Waals surface area contributed by atoms with Gasteiger partial charge in [0, 0.05) is 19.1 Å². The van der Waals surface area contributed by atoms with Crippen LogP contribution in [-0.4, -0.2) is 25.2 Å². The second-order valence-electron chi connectivity index (χ2n) is 5.17. The summed E-state index contributed by atoms with van der Waals surface area (Å²) < 4.78 is 5.91. The van der Waals surface area contributed by atoms with E-state index in [1.165, 1.54) is 5.69 Å². The molecule has 0 saturated carbocycles. The Morgan fingerprint density at radius 3 is 2.89 bits per heavy atom. The van der Waals surface area contributed by atoms with Crippen molar-refractivity contribution in [2.75, 3.05) is 23.3 Å². The molecule has 1 aliphatic rings. The molecule has 0 aromatic heterocycles. The molecule has 0 radical (unpaired) electrons. The number of nitrogens with zero attached hydrogens (tertiary/aromatic N) is 1. The van der Waals surface area contributed by atoms with E-state index in [0.29, 0.717) is 6.04 Å². The summed E-state index contributed by atoms with van der Waals surface area (Å²) >= 11 is 0. The summed E-state index contributed by atoms with van der Waals surface area (Å²) in [6.07, 6.45) is 1.36. The Morgan fingerprint density at radius 1 is 1.44 bits per heavy atom. The molecule has 1 atom stereocenters. The summed E-state index contributed by atoms with van der Waals surface area (Å²) in [7, 11) is 0. The van der Waals surface area contributed by atoms with E-state index in [1.807, 2.05) is 0 Å². The first-order chi connectivity index (χ1) is 8.63. The van der Waals surface area contributed by atoms with Crippen LogP contribution in [0, 0.1) is 0 Å².